The van der Waals surface area contributed by atoms with E-state index in [0.29, 0.717) is 16.6 Å². The first kappa shape index (κ1) is 16.7. The number of carbonyl (C=O) groups is 1. The predicted octanol–water partition coefficient (Wildman–Crippen LogP) is 4.33. The molecule has 0 aliphatic rings. The van der Waals surface area contributed by atoms with Crippen molar-refractivity contribution in [2.75, 3.05) is 12.8 Å². The molecule has 0 fully saturated rings. The molecule has 0 aliphatic heterocycles. The van der Waals surface area contributed by atoms with Crippen LogP contribution in [0, 0.1) is 0 Å². The number of methoxy groups -OCH3 is 1. The molecule has 0 bridgehead atoms. The van der Waals surface area contributed by atoms with Crippen molar-refractivity contribution in [1.29, 1.82) is 0 Å². The Labute approximate surface area is 156 Å². The number of nitrogens with zero attached hydrogens (tertiary/aromatic N) is 2. The van der Waals surface area contributed by atoms with E-state index >= 15 is 0 Å². The predicted molar refractivity (Wildman–Crippen MR) is 106 cm³/mol. The highest BCUT2D eigenvalue weighted by molar-refractivity contribution is 6.12. The van der Waals surface area contributed by atoms with Crippen molar-refractivity contribution in [3.63, 3.8) is 0 Å². The number of rotatable bonds is 3. The molecular formula is C22H17N3O2. The molecule has 0 saturated carbocycles. The summed E-state index contributed by atoms with van der Waals surface area (Å²) in [6, 6.07) is 15.7. The largest absolute Gasteiger partial charge is 0.465 e. The minimum absolute atomic E-state index is 0.342. The third kappa shape index (κ3) is 3.00. The van der Waals surface area contributed by atoms with Gasteiger partial charge in [0.2, 0.25) is 0 Å². The maximum atomic E-state index is 12.3. The molecule has 0 saturated heterocycles. The molecule has 5 heteroatoms. The molecule has 0 spiro atoms. The number of aromatic nitrogens is 2. The van der Waals surface area contributed by atoms with Gasteiger partial charge in [0.25, 0.3) is 0 Å². The van der Waals surface area contributed by atoms with Crippen LogP contribution in [0.1, 0.15) is 10.4 Å². The zero-order valence-corrected chi connectivity index (χ0v) is 14.7. The third-order valence-electron chi connectivity index (χ3n) is 4.56. The standard InChI is InChI=1S/C22H17N3O2/c1-27-22(26)20-19-13-25-10-8-16(19)11-18(21(20)23)15-6-4-14(5-7-15)17-3-2-9-24-12-17/h2-13H,23H2,1H3. The first-order chi connectivity index (χ1) is 13.2. The second-order valence-corrected chi connectivity index (χ2v) is 6.12. The van der Waals surface area contributed by atoms with E-state index in [2.05, 4.69) is 9.97 Å². The highest BCUT2D eigenvalue weighted by Crippen LogP contribution is 2.35. The van der Waals surface area contributed by atoms with Gasteiger partial charge in [-0.1, -0.05) is 30.3 Å². The van der Waals surface area contributed by atoms with Crippen molar-refractivity contribution in [2.45, 2.75) is 0 Å². The Balaban J connectivity index is 1.87. The molecule has 4 rings (SSSR count). The minimum Gasteiger partial charge on any atom is -0.465 e. The Morgan fingerprint density at radius 1 is 0.926 bits per heavy atom. The van der Waals surface area contributed by atoms with Gasteiger partial charge in [-0.25, -0.2) is 4.79 Å². The number of nitrogen functional groups attached to an aromatic ring is 1. The molecule has 0 unspecified atom stereocenters. The van der Waals surface area contributed by atoms with Gasteiger partial charge in [-0.3, -0.25) is 9.97 Å². The van der Waals surface area contributed by atoms with Crippen molar-refractivity contribution >= 4 is 22.4 Å². The summed E-state index contributed by atoms with van der Waals surface area (Å²) in [6.07, 6.45) is 6.89. The van der Waals surface area contributed by atoms with Crippen LogP contribution in [0.15, 0.2) is 73.3 Å². The quantitative estimate of drug-likeness (QED) is 0.437. The first-order valence-corrected chi connectivity index (χ1v) is 8.44. The van der Waals surface area contributed by atoms with Gasteiger partial charge in [0, 0.05) is 35.7 Å². The van der Waals surface area contributed by atoms with Gasteiger partial charge in [-0.15, -0.1) is 0 Å². The SMILES string of the molecule is COC(=O)c1c(N)c(-c2ccc(-c3cccnc3)cc2)cc2ccncc12. The van der Waals surface area contributed by atoms with E-state index in [0.717, 1.165) is 27.6 Å². The van der Waals surface area contributed by atoms with Gasteiger partial charge < -0.3 is 10.5 Å². The first-order valence-electron chi connectivity index (χ1n) is 8.44. The molecule has 2 aromatic carbocycles. The van der Waals surface area contributed by atoms with Crippen LogP contribution in [0.5, 0.6) is 0 Å². The van der Waals surface area contributed by atoms with E-state index in [1.54, 1.807) is 18.6 Å². The summed E-state index contributed by atoms with van der Waals surface area (Å²) in [5.74, 6) is -0.473. The fourth-order valence-corrected chi connectivity index (χ4v) is 3.19. The number of anilines is 1. The second kappa shape index (κ2) is 6.88. The molecule has 2 N–H and O–H groups in total. The van der Waals surface area contributed by atoms with E-state index in [1.165, 1.54) is 7.11 Å². The van der Waals surface area contributed by atoms with Gasteiger partial charge in [0.1, 0.15) is 0 Å². The minimum atomic E-state index is -0.473. The topological polar surface area (TPSA) is 78.1 Å². The molecule has 0 atom stereocenters. The summed E-state index contributed by atoms with van der Waals surface area (Å²) in [5.41, 5.74) is 10.9. The Hall–Kier alpha value is -3.73. The monoisotopic (exact) mass is 355 g/mol. The van der Waals surface area contributed by atoms with Crippen LogP contribution in [0.4, 0.5) is 5.69 Å². The van der Waals surface area contributed by atoms with Gasteiger partial charge in [0.15, 0.2) is 0 Å². The van der Waals surface area contributed by atoms with Gasteiger partial charge >= 0.3 is 5.97 Å². The summed E-state index contributed by atoms with van der Waals surface area (Å²) < 4.78 is 4.94. The lowest BCUT2D eigenvalue weighted by atomic mass is 9.94. The molecule has 0 radical (unpaired) electrons. The lowest BCUT2D eigenvalue weighted by molar-refractivity contribution is 0.0604. The molecule has 2 aromatic heterocycles. The molecule has 0 amide bonds. The van der Waals surface area contributed by atoms with Crippen LogP contribution >= 0.6 is 0 Å². The highest BCUT2D eigenvalue weighted by atomic mass is 16.5. The Bertz CT molecular complexity index is 1120. The van der Waals surface area contributed by atoms with Gasteiger partial charge in [-0.2, -0.15) is 0 Å². The average Bonchev–Trinajstić information content (AvgIpc) is 2.73. The van der Waals surface area contributed by atoms with Crippen LogP contribution in [-0.2, 0) is 4.74 Å². The second-order valence-electron chi connectivity index (χ2n) is 6.12. The number of ether oxygens (including phenoxy) is 1. The fourth-order valence-electron chi connectivity index (χ4n) is 3.19. The van der Waals surface area contributed by atoms with E-state index in [-0.39, 0.29) is 0 Å². The van der Waals surface area contributed by atoms with Crippen molar-refractivity contribution in [2.24, 2.45) is 0 Å². The molecular weight excluding hydrogens is 338 g/mol. The van der Waals surface area contributed by atoms with Crippen molar-refractivity contribution < 1.29 is 9.53 Å². The molecule has 0 aliphatic carbocycles. The van der Waals surface area contributed by atoms with E-state index in [1.807, 2.05) is 54.7 Å². The Morgan fingerprint density at radius 2 is 1.67 bits per heavy atom. The lowest BCUT2D eigenvalue weighted by Crippen LogP contribution is -2.08. The summed E-state index contributed by atoms with van der Waals surface area (Å²) in [6.45, 7) is 0. The number of carbonyl (C=O) groups excluding carboxylic acids is 1. The highest BCUT2D eigenvalue weighted by Gasteiger charge is 2.19. The number of hydrogen-bond donors (Lipinski definition) is 1. The summed E-state index contributed by atoms with van der Waals surface area (Å²) >= 11 is 0. The molecule has 132 valence electrons. The zero-order chi connectivity index (χ0) is 18.8. The molecule has 2 heterocycles. The van der Waals surface area contributed by atoms with Crippen LogP contribution < -0.4 is 5.73 Å². The van der Waals surface area contributed by atoms with E-state index < -0.39 is 5.97 Å². The number of pyridine rings is 2. The Morgan fingerprint density at radius 3 is 2.37 bits per heavy atom. The smallest absolute Gasteiger partial charge is 0.340 e. The maximum absolute atomic E-state index is 12.3. The van der Waals surface area contributed by atoms with Crippen molar-refractivity contribution in [3.05, 3.63) is 78.9 Å². The normalized spacial score (nSPS) is 10.7. The number of esters is 1. The zero-order valence-electron chi connectivity index (χ0n) is 14.7. The van der Waals surface area contributed by atoms with Crippen LogP contribution in [0.3, 0.4) is 0 Å². The van der Waals surface area contributed by atoms with Crippen molar-refractivity contribution in [1.82, 2.24) is 9.97 Å². The van der Waals surface area contributed by atoms with Crippen LogP contribution in [-0.4, -0.2) is 23.0 Å². The van der Waals surface area contributed by atoms with E-state index in [4.69, 9.17) is 10.5 Å². The number of hydrogen-bond acceptors (Lipinski definition) is 5. The third-order valence-corrected chi connectivity index (χ3v) is 4.56. The molecule has 27 heavy (non-hydrogen) atoms. The van der Waals surface area contributed by atoms with Crippen molar-refractivity contribution in [3.8, 4) is 22.3 Å². The lowest BCUT2D eigenvalue weighted by Gasteiger charge is -2.14. The summed E-state index contributed by atoms with van der Waals surface area (Å²) in [5, 5.41) is 1.56. The van der Waals surface area contributed by atoms with E-state index in [9.17, 15) is 4.79 Å². The number of nitrogens with two attached hydrogens (primary N) is 1. The fraction of sp³-hybridized carbons (Fsp3) is 0.0455. The maximum Gasteiger partial charge on any atom is 0.340 e. The Kier molecular flexibility index (Phi) is 4.26. The number of fused-ring (bicyclic) bond motifs is 1. The van der Waals surface area contributed by atoms with Crippen LogP contribution in [0.2, 0.25) is 0 Å². The van der Waals surface area contributed by atoms with Gasteiger partial charge in [-0.05, 0) is 40.3 Å². The summed E-state index contributed by atoms with van der Waals surface area (Å²) in [4.78, 5) is 20.6. The summed E-state index contributed by atoms with van der Waals surface area (Å²) in [7, 11) is 1.35. The number of benzene rings is 2. The molecule has 5 nitrogen and oxygen atoms in total. The average molecular weight is 355 g/mol. The van der Waals surface area contributed by atoms with Gasteiger partial charge in [0.05, 0.1) is 18.4 Å². The van der Waals surface area contributed by atoms with Crippen LogP contribution in [0.25, 0.3) is 33.0 Å². The molecule has 4 aromatic rings.